The monoisotopic (exact) mass is 316 g/mol. The molecule has 22 heavy (non-hydrogen) atoms. The number of primary amides is 1. The Hall–Kier alpha value is -2.33. The zero-order valence-corrected chi connectivity index (χ0v) is 13.0. The highest BCUT2D eigenvalue weighted by molar-refractivity contribution is 6.34. The van der Waals surface area contributed by atoms with Crippen LogP contribution >= 0.6 is 11.6 Å². The van der Waals surface area contributed by atoms with Crippen LogP contribution in [0.1, 0.15) is 29.3 Å². The van der Waals surface area contributed by atoms with E-state index in [4.69, 9.17) is 17.3 Å². The number of hydrogen-bond donors (Lipinski definition) is 2. The van der Waals surface area contributed by atoms with Gasteiger partial charge in [-0.05, 0) is 34.9 Å². The molecule has 0 saturated carbocycles. The van der Waals surface area contributed by atoms with Crippen LogP contribution in [0.2, 0.25) is 5.02 Å². The summed E-state index contributed by atoms with van der Waals surface area (Å²) >= 11 is 6.08. The molecule has 0 aliphatic heterocycles. The van der Waals surface area contributed by atoms with Gasteiger partial charge in [0.15, 0.2) is 0 Å². The number of amides is 2. The van der Waals surface area contributed by atoms with E-state index in [-0.39, 0.29) is 5.91 Å². The molecule has 0 aliphatic rings. The van der Waals surface area contributed by atoms with Crippen LogP contribution in [0.25, 0.3) is 11.1 Å². The molecular weight excluding hydrogens is 300 g/mol. The highest BCUT2D eigenvalue weighted by Gasteiger charge is 2.08. The standard InChI is InChI=1S/C17H17ClN2O2/c1-2-16(21)20-10-11-4-3-5-12(8-11)13-6-7-14(17(19)22)15(18)9-13/h3-9H,2,10H2,1H3,(H2,19,22)(H,20,21). The Balaban J connectivity index is 2.24. The number of halogens is 1. The summed E-state index contributed by atoms with van der Waals surface area (Å²) in [7, 11) is 0. The molecule has 0 aliphatic carbocycles. The molecule has 4 nitrogen and oxygen atoms in total. The van der Waals surface area contributed by atoms with Crippen molar-refractivity contribution in [1.82, 2.24) is 5.32 Å². The van der Waals surface area contributed by atoms with Gasteiger partial charge in [-0.3, -0.25) is 9.59 Å². The van der Waals surface area contributed by atoms with Crippen LogP contribution in [-0.2, 0) is 11.3 Å². The number of nitrogens with one attached hydrogen (secondary N) is 1. The molecule has 0 bridgehead atoms. The van der Waals surface area contributed by atoms with Crippen molar-refractivity contribution < 1.29 is 9.59 Å². The maximum Gasteiger partial charge on any atom is 0.250 e. The van der Waals surface area contributed by atoms with Crippen molar-refractivity contribution in [2.24, 2.45) is 5.73 Å². The first kappa shape index (κ1) is 16.0. The van der Waals surface area contributed by atoms with Crippen molar-refractivity contribution in [3.63, 3.8) is 0 Å². The van der Waals surface area contributed by atoms with Crippen LogP contribution in [0, 0.1) is 0 Å². The van der Waals surface area contributed by atoms with Crippen LogP contribution in [0.4, 0.5) is 0 Å². The molecule has 2 aromatic rings. The molecule has 0 heterocycles. The zero-order valence-electron chi connectivity index (χ0n) is 12.2. The topological polar surface area (TPSA) is 72.2 Å². The van der Waals surface area contributed by atoms with Crippen molar-refractivity contribution in [2.45, 2.75) is 19.9 Å². The summed E-state index contributed by atoms with van der Waals surface area (Å²) in [5.41, 5.74) is 8.39. The SMILES string of the molecule is CCC(=O)NCc1cccc(-c2ccc(C(N)=O)c(Cl)c2)c1. The minimum atomic E-state index is -0.549. The molecule has 2 amide bonds. The molecule has 5 heteroatoms. The Labute approximate surface area is 134 Å². The molecule has 0 fully saturated rings. The van der Waals surface area contributed by atoms with Gasteiger partial charge in [0.05, 0.1) is 10.6 Å². The molecule has 0 spiro atoms. The Kier molecular flexibility index (Phi) is 5.17. The molecule has 2 aromatic carbocycles. The Morgan fingerprint density at radius 3 is 2.50 bits per heavy atom. The fourth-order valence-electron chi connectivity index (χ4n) is 2.08. The van der Waals surface area contributed by atoms with Crippen LogP contribution in [0.3, 0.4) is 0 Å². The lowest BCUT2D eigenvalue weighted by atomic mass is 10.0. The lowest BCUT2D eigenvalue weighted by molar-refractivity contribution is -0.120. The predicted octanol–water partition coefficient (Wildman–Crippen LogP) is 3.13. The van der Waals surface area contributed by atoms with E-state index in [9.17, 15) is 9.59 Å². The van der Waals surface area contributed by atoms with Crippen LogP contribution in [-0.4, -0.2) is 11.8 Å². The van der Waals surface area contributed by atoms with Gasteiger partial charge < -0.3 is 11.1 Å². The summed E-state index contributed by atoms with van der Waals surface area (Å²) in [5.74, 6) is -0.535. The van der Waals surface area contributed by atoms with Gasteiger partial charge in [0.25, 0.3) is 0 Å². The summed E-state index contributed by atoms with van der Waals surface area (Å²) in [6.07, 6.45) is 0.462. The minimum absolute atomic E-state index is 0.0132. The fourth-order valence-corrected chi connectivity index (χ4v) is 2.35. The molecule has 3 N–H and O–H groups in total. The van der Waals surface area contributed by atoms with E-state index >= 15 is 0 Å². The second-order valence-corrected chi connectivity index (χ2v) is 5.30. The van der Waals surface area contributed by atoms with E-state index in [2.05, 4.69) is 5.32 Å². The average Bonchev–Trinajstić information content (AvgIpc) is 2.52. The summed E-state index contributed by atoms with van der Waals surface area (Å²) in [6.45, 7) is 2.29. The van der Waals surface area contributed by atoms with Gasteiger partial charge in [0.2, 0.25) is 11.8 Å². The lowest BCUT2D eigenvalue weighted by Gasteiger charge is -2.08. The predicted molar refractivity (Wildman–Crippen MR) is 87.5 cm³/mol. The molecule has 114 valence electrons. The molecule has 0 saturated heterocycles. The number of carbonyl (C=O) groups excluding carboxylic acids is 2. The van der Waals surface area contributed by atoms with Crippen molar-refractivity contribution in [1.29, 1.82) is 0 Å². The highest BCUT2D eigenvalue weighted by atomic mass is 35.5. The first-order valence-electron chi connectivity index (χ1n) is 6.96. The normalized spacial score (nSPS) is 10.3. The van der Waals surface area contributed by atoms with Crippen LogP contribution < -0.4 is 11.1 Å². The van der Waals surface area contributed by atoms with E-state index in [1.54, 1.807) is 18.2 Å². The van der Waals surface area contributed by atoms with Crippen molar-refractivity contribution >= 4 is 23.4 Å². The first-order chi connectivity index (χ1) is 10.5. The minimum Gasteiger partial charge on any atom is -0.366 e. The van der Waals surface area contributed by atoms with E-state index < -0.39 is 5.91 Å². The smallest absolute Gasteiger partial charge is 0.250 e. The second-order valence-electron chi connectivity index (χ2n) is 4.89. The van der Waals surface area contributed by atoms with Gasteiger partial charge in [0, 0.05) is 13.0 Å². The van der Waals surface area contributed by atoms with E-state index in [1.807, 2.05) is 31.2 Å². The molecule has 2 rings (SSSR count). The summed E-state index contributed by atoms with van der Waals surface area (Å²) in [6, 6.07) is 12.9. The second kappa shape index (κ2) is 7.09. The van der Waals surface area contributed by atoms with Gasteiger partial charge in [-0.1, -0.05) is 42.8 Å². The summed E-state index contributed by atoms with van der Waals surface area (Å²) < 4.78 is 0. The average molecular weight is 317 g/mol. The quantitative estimate of drug-likeness (QED) is 0.889. The number of rotatable bonds is 5. The third-order valence-corrected chi connectivity index (χ3v) is 3.62. The Bertz CT molecular complexity index is 714. The zero-order chi connectivity index (χ0) is 16.1. The maximum atomic E-state index is 11.3. The molecule has 0 aromatic heterocycles. The van der Waals surface area contributed by atoms with Crippen molar-refractivity contribution in [3.05, 3.63) is 58.6 Å². The Morgan fingerprint density at radius 2 is 1.86 bits per heavy atom. The molecule has 0 radical (unpaired) electrons. The number of benzene rings is 2. The Morgan fingerprint density at radius 1 is 1.14 bits per heavy atom. The van der Waals surface area contributed by atoms with Gasteiger partial charge in [-0.25, -0.2) is 0 Å². The van der Waals surface area contributed by atoms with Gasteiger partial charge in [0.1, 0.15) is 0 Å². The largest absolute Gasteiger partial charge is 0.366 e. The third-order valence-electron chi connectivity index (χ3n) is 3.31. The summed E-state index contributed by atoms with van der Waals surface area (Å²) in [4.78, 5) is 22.5. The fraction of sp³-hybridized carbons (Fsp3) is 0.176. The van der Waals surface area contributed by atoms with E-state index in [0.717, 1.165) is 16.7 Å². The van der Waals surface area contributed by atoms with Crippen LogP contribution in [0.5, 0.6) is 0 Å². The maximum absolute atomic E-state index is 11.3. The number of nitrogens with two attached hydrogens (primary N) is 1. The number of hydrogen-bond acceptors (Lipinski definition) is 2. The van der Waals surface area contributed by atoms with Crippen molar-refractivity contribution in [3.8, 4) is 11.1 Å². The number of carbonyl (C=O) groups is 2. The van der Waals surface area contributed by atoms with E-state index in [1.165, 1.54) is 0 Å². The molecule has 0 unspecified atom stereocenters. The van der Waals surface area contributed by atoms with Gasteiger partial charge in [-0.15, -0.1) is 0 Å². The van der Waals surface area contributed by atoms with Crippen molar-refractivity contribution in [2.75, 3.05) is 0 Å². The van der Waals surface area contributed by atoms with E-state index in [0.29, 0.717) is 23.6 Å². The van der Waals surface area contributed by atoms with Crippen LogP contribution in [0.15, 0.2) is 42.5 Å². The molecule has 0 atom stereocenters. The lowest BCUT2D eigenvalue weighted by Crippen LogP contribution is -2.21. The summed E-state index contributed by atoms with van der Waals surface area (Å²) in [5, 5.41) is 3.16. The first-order valence-corrected chi connectivity index (χ1v) is 7.34. The molecular formula is C17H17ClN2O2. The third kappa shape index (κ3) is 3.86. The highest BCUT2D eigenvalue weighted by Crippen LogP contribution is 2.26. The van der Waals surface area contributed by atoms with Gasteiger partial charge in [-0.2, -0.15) is 0 Å². The van der Waals surface area contributed by atoms with Gasteiger partial charge >= 0.3 is 0 Å².